The van der Waals surface area contributed by atoms with Gasteiger partial charge < -0.3 is 15.7 Å². The molecule has 2 atom stereocenters. The van der Waals surface area contributed by atoms with Gasteiger partial charge in [0.15, 0.2) is 0 Å². The fourth-order valence-corrected chi connectivity index (χ4v) is 7.71. The normalized spacial score (nSPS) is 34.1. The molecule has 4 rings (SSSR count). The summed E-state index contributed by atoms with van der Waals surface area (Å²) in [6.45, 7) is 5.66. The summed E-state index contributed by atoms with van der Waals surface area (Å²) in [5.41, 5.74) is 0.896. The summed E-state index contributed by atoms with van der Waals surface area (Å²) in [7, 11) is 0. The molecule has 0 heterocycles. The van der Waals surface area contributed by atoms with Crippen molar-refractivity contribution >= 4 is 12.0 Å². The summed E-state index contributed by atoms with van der Waals surface area (Å²) in [5.74, 6) is 0.118. The highest BCUT2D eigenvalue weighted by Crippen LogP contribution is 2.66. The van der Waals surface area contributed by atoms with Crippen LogP contribution >= 0.6 is 0 Å². The van der Waals surface area contributed by atoms with E-state index < -0.39 is 5.97 Å². The number of carboxylic acids is 1. The Balaban J connectivity index is 1.21. The van der Waals surface area contributed by atoms with Gasteiger partial charge in [0.25, 0.3) is 0 Å². The number of rotatable bonds is 13. The maximum atomic E-state index is 12.6. The number of hydrogen-bond donors (Lipinski definition) is 3. The summed E-state index contributed by atoms with van der Waals surface area (Å²) in [5, 5.41) is 15.2. The first-order valence-electron chi connectivity index (χ1n) is 12.5. The SMILES string of the molecule is CC12CC3CC(C)(C1)CC(NC(=O)NCCCCCCCCCCCC(=O)O)(C3)C2. The van der Waals surface area contributed by atoms with Crippen LogP contribution in [0.1, 0.15) is 117 Å². The molecule has 5 nitrogen and oxygen atoms in total. The Bertz CT molecular complexity index is 587. The Morgan fingerprint density at radius 2 is 1.33 bits per heavy atom. The number of nitrogens with one attached hydrogen (secondary N) is 2. The number of hydrogen-bond acceptors (Lipinski definition) is 2. The van der Waals surface area contributed by atoms with E-state index in [1.165, 1.54) is 57.8 Å². The molecule has 30 heavy (non-hydrogen) atoms. The van der Waals surface area contributed by atoms with E-state index in [0.29, 0.717) is 17.3 Å². The van der Waals surface area contributed by atoms with Crippen molar-refractivity contribution in [1.29, 1.82) is 0 Å². The third kappa shape index (κ3) is 6.62. The molecular weight excluding hydrogens is 376 g/mol. The minimum absolute atomic E-state index is 0.0392. The minimum atomic E-state index is -0.682. The molecule has 0 aromatic rings. The first-order valence-corrected chi connectivity index (χ1v) is 12.5. The number of aliphatic carboxylic acids is 1. The van der Waals surface area contributed by atoms with E-state index in [2.05, 4.69) is 24.5 Å². The third-order valence-electron chi connectivity index (χ3n) is 7.86. The van der Waals surface area contributed by atoms with Gasteiger partial charge in [-0.3, -0.25) is 4.79 Å². The van der Waals surface area contributed by atoms with Crippen LogP contribution in [0.15, 0.2) is 0 Å². The fraction of sp³-hybridized carbons (Fsp3) is 0.920. The van der Waals surface area contributed by atoms with Crippen molar-refractivity contribution in [2.24, 2.45) is 16.7 Å². The van der Waals surface area contributed by atoms with Crippen LogP contribution in [0.5, 0.6) is 0 Å². The number of carbonyl (C=O) groups excluding carboxylic acids is 1. The minimum Gasteiger partial charge on any atom is -0.481 e. The fourth-order valence-electron chi connectivity index (χ4n) is 7.71. The molecule has 172 valence electrons. The topological polar surface area (TPSA) is 78.4 Å². The second kappa shape index (κ2) is 9.91. The predicted molar refractivity (Wildman–Crippen MR) is 120 cm³/mol. The van der Waals surface area contributed by atoms with E-state index in [1.807, 2.05) is 0 Å². The lowest BCUT2D eigenvalue weighted by Crippen LogP contribution is -2.66. The summed E-state index contributed by atoms with van der Waals surface area (Å²) >= 11 is 0. The van der Waals surface area contributed by atoms with Crippen molar-refractivity contribution in [3.05, 3.63) is 0 Å². The van der Waals surface area contributed by atoms with Crippen LogP contribution in [-0.4, -0.2) is 29.2 Å². The van der Waals surface area contributed by atoms with E-state index in [9.17, 15) is 9.59 Å². The van der Waals surface area contributed by atoms with E-state index >= 15 is 0 Å². The van der Waals surface area contributed by atoms with Gasteiger partial charge in [0.2, 0.25) is 0 Å². The second-order valence-electron chi connectivity index (χ2n) is 11.6. The van der Waals surface area contributed by atoms with Crippen LogP contribution in [-0.2, 0) is 4.79 Å². The monoisotopic (exact) mass is 420 g/mol. The van der Waals surface area contributed by atoms with Crippen molar-refractivity contribution in [3.8, 4) is 0 Å². The standard InChI is InChI=1S/C25H44N2O3/c1-23-14-20-15-24(2,17-23)19-25(16-20,18-23)27-22(30)26-13-11-9-7-5-3-4-6-8-10-12-21(28)29/h20H,3-19H2,1-2H3,(H,28,29)(H2,26,27,30). The average Bonchev–Trinajstić information content (AvgIpc) is 2.58. The van der Waals surface area contributed by atoms with E-state index in [0.717, 1.165) is 51.0 Å². The van der Waals surface area contributed by atoms with Crippen LogP contribution < -0.4 is 10.6 Å². The molecule has 4 aliphatic rings. The zero-order valence-electron chi connectivity index (χ0n) is 19.4. The van der Waals surface area contributed by atoms with Gasteiger partial charge in [-0.25, -0.2) is 4.79 Å². The van der Waals surface area contributed by atoms with Gasteiger partial charge in [-0.1, -0.05) is 58.8 Å². The predicted octanol–water partition coefficient (Wildman–Crippen LogP) is 6.02. The molecule has 3 N–H and O–H groups in total. The summed E-state index contributed by atoms with van der Waals surface area (Å²) in [6, 6.07) is 0.0468. The maximum Gasteiger partial charge on any atom is 0.315 e. The smallest absolute Gasteiger partial charge is 0.315 e. The van der Waals surface area contributed by atoms with Crippen LogP contribution in [0.4, 0.5) is 4.79 Å². The van der Waals surface area contributed by atoms with Gasteiger partial charge >= 0.3 is 12.0 Å². The molecule has 2 unspecified atom stereocenters. The van der Waals surface area contributed by atoms with Gasteiger partial charge in [-0.2, -0.15) is 0 Å². The van der Waals surface area contributed by atoms with Crippen molar-refractivity contribution in [1.82, 2.24) is 10.6 Å². The molecule has 0 aromatic carbocycles. The number of urea groups is 1. The number of amides is 2. The lowest BCUT2D eigenvalue weighted by Gasteiger charge is -2.65. The van der Waals surface area contributed by atoms with Gasteiger partial charge in [-0.15, -0.1) is 0 Å². The Morgan fingerprint density at radius 3 is 1.87 bits per heavy atom. The highest BCUT2D eigenvalue weighted by atomic mass is 16.4. The van der Waals surface area contributed by atoms with Gasteiger partial charge in [0.05, 0.1) is 0 Å². The van der Waals surface area contributed by atoms with Crippen molar-refractivity contribution in [3.63, 3.8) is 0 Å². The first-order chi connectivity index (χ1) is 14.2. The average molecular weight is 421 g/mol. The zero-order valence-corrected chi connectivity index (χ0v) is 19.4. The quantitative estimate of drug-likeness (QED) is 0.319. The van der Waals surface area contributed by atoms with Gasteiger partial charge in [-0.05, 0) is 68.1 Å². The molecule has 0 aromatic heterocycles. The van der Waals surface area contributed by atoms with Crippen molar-refractivity contribution < 1.29 is 14.7 Å². The highest BCUT2D eigenvalue weighted by Gasteiger charge is 2.60. The van der Waals surface area contributed by atoms with E-state index in [1.54, 1.807) is 0 Å². The van der Waals surface area contributed by atoms with Crippen LogP contribution in [0, 0.1) is 16.7 Å². The third-order valence-corrected chi connectivity index (χ3v) is 7.86. The molecule has 4 aliphatic carbocycles. The second-order valence-corrected chi connectivity index (χ2v) is 11.6. The molecule has 0 spiro atoms. The number of carboxylic acid groups (broad SMARTS) is 1. The molecule has 4 fully saturated rings. The van der Waals surface area contributed by atoms with Crippen LogP contribution in [0.3, 0.4) is 0 Å². The largest absolute Gasteiger partial charge is 0.481 e. The molecule has 0 radical (unpaired) electrons. The van der Waals surface area contributed by atoms with Crippen molar-refractivity contribution in [2.45, 2.75) is 122 Å². The zero-order chi connectivity index (χ0) is 21.7. The van der Waals surface area contributed by atoms with Crippen LogP contribution in [0.2, 0.25) is 0 Å². The Hall–Kier alpha value is -1.26. The van der Waals surface area contributed by atoms with E-state index in [4.69, 9.17) is 5.11 Å². The Morgan fingerprint density at radius 1 is 0.800 bits per heavy atom. The maximum absolute atomic E-state index is 12.6. The lowest BCUT2D eigenvalue weighted by molar-refractivity contribution is -0.137. The molecular formula is C25H44N2O3. The van der Waals surface area contributed by atoms with Crippen LogP contribution in [0.25, 0.3) is 0 Å². The molecule has 0 aliphatic heterocycles. The number of unbranched alkanes of at least 4 members (excludes halogenated alkanes) is 8. The first kappa shape index (κ1) is 23.4. The Labute approximate surface area is 183 Å². The molecule has 5 heteroatoms. The lowest BCUT2D eigenvalue weighted by atomic mass is 9.43. The molecule has 4 bridgehead atoms. The molecule has 2 amide bonds. The summed E-state index contributed by atoms with van der Waals surface area (Å²) in [6.07, 6.45) is 18.0. The van der Waals surface area contributed by atoms with E-state index in [-0.39, 0.29) is 11.6 Å². The van der Waals surface area contributed by atoms with Crippen molar-refractivity contribution in [2.75, 3.05) is 6.54 Å². The summed E-state index contributed by atoms with van der Waals surface area (Å²) in [4.78, 5) is 23.0. The highest BCUT2D eigenvalue weighted by molar-refractivity contribution is 5.75. The van der Waals surface area contributed by atoms with Gasteiger partial charge in [0.1, 0.15) is 0 Å². The molecule has 0 saturated heterocycles. The van der Waals surface area contributed by atoms with Gasteiger partial charge in [0, 0.05) is 18.5 Å². The summed E-state index contributed by atoms with van der Waals surface area (Å²) < 4.78 is 0. The molecule has 4 saturated carbocycles. The Kier molecular flexibility index (Phi) is 7.73. The number of carbonyl (C=O) groups is 2.